The molecule has 3 nitrogen and oxygen atoms in total. The van der Waals surface area contributed by atoms with E-state index in [2.05, 4.69) is 22.0 Å². The molecule has 15 heavy (non-hydrogen) atoms. The number of aromatic nitrogens is 2. The quantitative estimate of drug-likeness (QED) is 0.826. The summed E-state index contributed by atoms with van der Waals surface area (Å²) in [5.41, 5.74) is 6.97. The van der Waals surface area contributed by atoms with Crippen LogP contribution in [0.5, 0.6) is 0 Å². The first-order valence-electron chi connectivity index (χ1n) is 6.03. The third kappa shape index (κ3) is 2.40. The fourth-order valence-electron chi connectivity index (χ4n) is 2.65. The predicted molar refractivity (Wildman–Crippen MR) is 61.6 cm³/mol. The zero-order valence-corrected chi connectivity index (χ0v) is 9.52. The molecule has 2 rings (SSSR count). The normalized spacial score (nSPS) is 20.4. The molecule has 84 valence electrons. The van der Waals surface area contributed by atoms with Crippen molar-refractivity contribution in [2.24, 2.45) is 11.7 Å². The highest BCUT2D eigenvalue weighted by Gasteiger charge is 2.24. The molecular weight excluding hydrogens is 186 g/mol. The van der Waals surface area contributed by atoms with E-state index < -0.39 is 0 Å². The van der Waals surface area contributed by atoms with Gasteiger partial charge >= 0.3 is 0 Å². The highest BCUT2D eigenvalue weighted by Crippen LogP contribution is 2.31. The van der Waals surface area contributed by atoms with Gasteiger partial charge in [-0.25, -0.2) is 0 Å². The minimum Gasteiger partial charge on any atom is -0.328 e. The Hall–Kier alpha value is -0.830. The van der Waals surface area contributed by atoms with Gasteiger partial charge in [0.25, 0.3) is 0 Å². The fourth-order valence-corrected chi connectivity index (χ4v) is 2.65. The zero-order chi connectivity index (χ0) is 10.7. The SMILES string of the molecule is Cc1ccn(C(CN)C2CCCCC2)n1. The van der Waals surface area contributed by atoms with Crippen molar-refractivity contribution >= 4 is 0 Å². The summed E-state index contributed by atoms with van der Waals surface area (Å²) < 4.78 is 2.07. The minimum absolute atomic E-state index is 0.416. The molecule has 1 aromatic rings. The van der Waals surface area contributed by atoms with Crippen molar-refractivity contribution in [3.05, 3.63) is 18.0 Å². The van der Waals surface area contributed by atoms with E-state index in [0.29, 0.717) is 12.6 Å². The second-order valence-corrected chi connectivity index (χ2v) is 4.64. The summed E-state index contributed by atoms with van der Waals surface area (Å²) in [6.45, 7) is 2.75. The van der Waals surface area contributed by atoms with Crippen LogP contribution in [0.15, 0.2) is 12.3 Å². The molecule has 0 saturated heterocycles. The summed E-state index contributed by atoms with van der Waals surface area (Å²) in [6, 6.07) is 2.48. The van der Waals surface area contributed by atoms with Crippen LogP contribution in [0.1, 0.15) is 43.8 Å². The van der Waals surface area contributed by atoms with E-state index in [1.165, 1.54) is 32.1 Å². The van der Waals surface area contributed by atoms with Crippen molar-refractivity contribution in [3.63, 3.8) is 0 Å². The molecule has 0 aromatic carbocycles. The molecule has 0 spiro atoms. The second-order valence-electron chi connectivity index (χ2n) is 4.64. The Morgan fingerprint density at radius 3 is 2.73 bits per heavy atom. The van der Waals surface area contributed by atoms with E-state index in [1.807, 2.05) is 6.92 Å². The zero-order valence-electron chi connectivity index (χ0n) is 9.52. The van der Waals surface area contributed by atoms with Gasteiger partial charge in [-0.15, -0.1) is 0 Å². The largest absolute Gasteiger partial charge is 0.328 e. The molecular formula is C12H21N3. The van der Waals surface area contributed by atoms with Crippen molar-refractivity contribution in [2.45, 2.75) is 45.1 Å². The van der Waals surface area contributed by atoms with Crippen LogP contribution in [0.4, 0.5) is 0 Å². The second kappa shape index (κ2) is 4.79. The smallest absolute Gasteiger partial charge is 0.0669 e. The van der Waals surface area contributed by atoms with Gasteiger partial charge in [-0.3, -0.25) is 4.68 Å². The Kier molecular flexibility index (Phi) is 3.41. The molecule has 0 amide bonds. The van der Waals surface area contributed by atoms with Gasteiger partial charge in [-0.05, 0) is 31.7 Å². The maximum Gasteiger partial charge on any atom is 0.0669 e. The van der Waals surface area contributed by atoms with Crippen molar-refractivity contribution in [1.29, 1.82) is 0 Å². The molecule has 1 aliphatic rings. The predicted octanol–water partition coefficient (Wildman–Crippen LogP) is 2.27. The number of hydrogen-bond donors (Lipinski definition) is 1. The van der Waals surface area contributed by atoms with Gasteiger partial charge < -0.3 is 5.73 Å². The van der Waals surface area contributed by atoms with Gasteiger partial charge in [0, 0.05) is 12.7 Å². The van der Waals surface area contributed by atoms with E-state index >= 15 is 0 Å². The van der Waals surface area contributed by atoms with Crippen molar-refractivity contribution in [3.8, 4) is 0 Å². The highest BCUT2D eigenvalue weighted by atomic mass is 15.3. The van der Waals surface area contributed by atoms with Crippen molar-refractivity contribution in [2.75, 3.05) is 6.54 Å². The van der Waals surface area contributed by atoms with Crippen LogP contribution >= 0.6 is 0 Å². The van der Waals surface area contributed by atoms with Gasteiger partial charge in [0.2, 0.25) is 0 Å². The Balaban J connectivity index is 2.08. The average Bonchev–Trinajstić information content (AvgIpc) is 2.68. The third-order valence-electron chi connectivity index (χ3n) is 3.52. The van der Waals surface area contributed by atoms with Crippen molar-refractivity contribution in [1.82, 2.24) is 9.78 Å². The van der Waals surface area contributed by atoms with Crippen LogP contribution in [-0.2, 0) is 0 Å². The molecule has 1 heterocycles. The summed E-state index contributed by atoms with van der Waals surface area (Å²) in [6.07, 6.45) is 8.83. The summed E-state index contributed by atoms with van der Waals surface area (Å²) in [7, 11) is 0. The Morgan fingerprint density at radius 1 is 1.47 bits per heavy atom. The molecule has 0 radical (unpaired) electrons. The van der Waals surface area contributed by atoms with Gasteiger partial charge in [0.05, 0.1) is 11.7 Å². The van der Waals surface area contributed by atoms with Gasteiger partial charge in [-0.1, -0.05) is 19.3 Å². The third-order valence-corrected chi connectivity index (χ3v) is 3.52. The molecule has 0 bridgehead atoms. The minimum atomic E-state index is 0.416. The maximum atomic E-state index is 5.88. The average molecular weight is 207 g/mol. The molecule has 1 aliphatic carbocycles. The van der Waals surface area contributed by atoms with Crippen LogP contribution in [-0.4, -0.2) is 16.3 Å². The van der Waals surface area contributed by atoms with Gasteiger partial charge in [0.15, 0.2) is 0 Å². The number of rotatable bonds is 3. The number of nitrogens with two attached hydrogens (primary N) is 1. The Morgan fingerprint density at radius 2 is 2.20 bits per heavy atom. The summed E-state index contributed by atoms with van der Waals surface area (Å²) >= 11 is 0. The molecule has 0 aliphatic heterocycles. The lowest BCUT2D eigenvalue weighted by Crippen LogP contribution is -2.28. The van der Waals surface area contributed by atoms with Gasteiger partial charge in [-0.2, -0.15) is 5.10 Å². The summed E-state index contributed by atoms with van der Waals surface area (Å²) in [5, 5.41) is 4.49. The Bertz CT molecular complexity index is 300. The Labute approximate surface area is 91.7 Å². The van der Waals surface area contributed by atoms with Crippen LogP contribution < -0.4 is 5.73 Å². The molecule has 1 aromatic heterocycles. The van der Waals surface area contributed by atoms with Crippen LogP contribution in [0, 0.1) is 12.8 Å². The lowest BCUT2D eigenvalue weighted by molar-refractivity contribution is 0.239. The molecule has 2 N–H and O–H groups in total. The maximum absolute atomic E-state index is 5.88. The molecule has 1 atom stereocenters. The van der Waals surface area contributed by atoms with E-state index in [-0.39, 0.29) is 0 Å². The molecule has 1 saturated carbocycles. The van der Waals surface area contributed by atoms with Crippen LogP contribution in [0.2, 0.25) is 0 Å². The fraction of sp³-hybridized carbons (Fsp3) is 0.750. The van der Waals surface area contributed by atoms with E-state index in [0.717, 1.165) is 11.6 Å². The van der Waals surface area contributed by atoms with Crippen molar-refractivity contribution < 1.29 is 0 Å². The lowest BCUT2D eigenvalue weighted by Gasteiger charge is -2.29. The van der Waals surface area contributed by atoms with E-state index in [1.54, 1.807) is 0 Å². The standard InChI is InChI=1S/C12H21N3/c1-10-7-8-15(14-10)12(9-13)11-5-3-2-4-6-11/h7-8,11-12H,2-6,9,13H2,1H3. The number of aryl methyl sites for hydroxylation is 1. The van der Waals surface area contributed by atoms with E-state index in [9.17, 15) is 0 Å². The number of hydrogen-bond acceptors (Lipinski definition) is 2. The summed E-state index contributed by atoms with van der Waals surface area (Å²) in [4.78, 5) is 0. The lowest BCUT2D eigenvalue weighted by atomic mass is 9.84. The monoisotopic (exact) mass is 207 g/mol. The van der Waals surface area contributed by atoms with E-state index in [4.69, 9.17) is 5.73 Å². The summed E-state index contributed by atoms with van der Waals surface area (Å²) in [5.74, 6) is 0.739. The first-order chi connectivity index (χ1) is 7.31. The first kappa shape index (κ1) is 10.7. The molecule has 1 fully saturated rings. The van der Waals surface area contributed by atoms with Gasteiger partial charge in [0.1, 0.15) is 0 Å². The highest BCUT2D eigenvalue weighted by molar-refractivity contribution is 4.97. The topological polar surface area (TPSA) is 43.8 Å². The van der Waals surface area contributed by atoms with Crippen LogP contribution in [0.3, 0.4) is 0 Å². The van der Waals surface area contributed by atoms with Crippen LogP contribution in [0.25, 0.3) is 0 Å². The first-order valence-corrected chi connectivity index (χ1v) is 6.03. The number of nitrogens with zero attached hydrogens (tertiary/aromatic N) is 2. The molecule has 3 heteroatoms. The molecule has 1 unspecified atom stereocenters.